The second-order valence-corrected chi connectivity index (χ2v) is 6.29. The molecule has 1 saturated heterocycles. The number of halogens is 1. The first-order valence-electron chi connectivity index (χ1n) is 8.62. The Hall–Kier alpha value is -2.96. The molecule has 0 radical (unpaired) electrons. The van der Waals surface area contributed by atoms with Gasteiger partial charge < -0.3 is 4.90 Å². The number of hydrogen-bond acceptors (Lipinski definition) is 4. The number of benzene rings is 1. The molecule has 0 atom stereocenters. The molecule has 0 bridgehead atoms. The van der Waals surface area contributed by atoms with Crippen LogP contribution in [-0.4, -0.2) is 29.9 Å². The average Bonchev–Trinajstić information content (AvgIpc) is 2.66. The van der Waals surface area contributed by atoms with Crippen LogP contribution in [0.5, 0.6) is 0 Å². The number of pyridine rings is 1. The largest absolute Gasteiger partial charge is 0.371 e. The number of nitrogens with zero attached hydrogens (tertiary/aromatic N) is 2. The van der Waals surface area contributed by atoms with Crippen LogP contribution in [0.2, 0.25) is 0 Å². The van der Waals surface area contributed by atoms with E-state index in [0.29, 0.717) is 16.9 Å². The van der Waals surface area contributed by atoms with E-state index in [1.807, 2.05) is 0 Å². The third kappa shape index (κ3) is 4.17. The van der Waals surface area contributed by atoms with Crippen molar-refractivity contribution in [2.45, 2.75) is 26.2 Å². The molecule has 1 aromatic heterocycles. The van der Waals surface area contributed by atoms with Gasteiger partial charge in [0.25, 0.3) is 11.8 Å². The molecule has 0 saturated carbocycles. The summed E-state index contributed by atoms with van der Waals surface area (Å²) in [5.41, 5.74) is 6.43. The van der Waals surface area contributed by atoms with Crippen LogP contribution >= 0.6 is 0 Å². The fourth-order valence-corrected chi connectivity index (χ4v) is 3.02. The highest BCUT2D eigenvalue weighted by Crippen LogP contribution is 2.22. The first kappa shape index (κ1) is 17.8. The van der Waals surface area contributed by atoms with E-state index in [9.17, 15) is 14.0 Å². The predicted molar refractivity (Wildman–Crippen MR) is 96.4 cm³/mol. The predicted octanol–water partition coefficient (Wildman–Crippen LogP) is 2.59. The van der Waals surface area contributed by atoms with Crippen molar-refractivity contribution in [3.63, 3.8) is 0 Å². The summed E-state index contributed by atoms with van der Waals surface area (Å²) in [5, 5.41) is 0. The standard InChI is InChI=1S/C19H21FN4O2/c1-13-17(6-5-7-21-13)19(26)23-22-18(25)14-10-15(20)12-16(11-14)24-8-3-2-4-9-24/h5-7,10-12H,2-4,8-9H2,1H3,(H,22,25)(H,23,26). The molecule has 1 aromatic carbocycles. The van der Waals surface area contributed by atoms with E-state index >= 15 is 0 Å². The van der Waals surface area contributed by atoms with Gasteiger partial charge in [0.2, 0.25) is 0 Å². The zero-order chi connectivity index (χ0) is 18.5. The quantitative estimate of drug-likeness (QED) is 0.829. The lowest BCUT2D eigenvalue weighted by molar-refractivity contribution is 0.0846. The molecule has 26 heavy (non-hydrogen) atoms. The van der Waals surface area contributed by atoms with Crippen LogP contribution in [0.25, 0.3) is 0 Å². The van der Waals surface area contributed by atoms with Crippen molar-refractivity contribution in [3.05, 3.63) is 59.2 Å². The number of aromatic nitrogens is 1. The van der Waals surface area contributed by atoms with Crippen LogP contribution in [0.4, 0.5) is 10.1 Å². The molecule has 3 rings (SSSR count). The van der Waals surface area contributed by atoms with E-state index in [1.54, 1.807) is 31.3 Å². The summed E-state index contributed by atoms with van der Waals surface area (Å²) in [7, 11) is 0. The highest BCUT2D eigenvalue weighted by molar-refractivity contribution is 5.99. The number of carbonyl (C=O) groups is 2. The number of amides is 2. The van der Waals surface area contributed by atoms with E-state index in [0.717, 1.165) is 32.0 Å². The fourth-order valence-electron chi connectivity index (χ4n) is 3.02. The van der Waals surface area contributed by atoms with Gasteiger partial charge >= 0.3 is 0 Å². The Labute approximate surface area is 151 Å². The Morgan fingerprint density at radius 3 is 2.54 bits per heavy atom. The summed E-state index contributed by atoms with van der Waals surface area (Å²) in [5.74, 6) is -1.53. The van der Waals surface area contributed by atoms with Crippen molar-refractivity contribution in [1.29, 1.82) is 0 Å². The smallest absolute Gasteiger partial charge is 0.271 e. The van der Waals surface area contributed by atoms with Crippen LogP contribution in [0.3, 0.4) is 0 Å². The van der Waals surface area contributed by atoms with Crippen molar-refractivity contribution in [2.24, 2.45) is 0 Å². The first-order valence-corrected chi connectivity index (χ1v) is 8.62. The highest BCUT2D eigenvalue weighted by atomic mass is 19.1. The van der Waals surface area contributed by atoms with E-state index < -0.39 is 17.6 Å². The van der Waals surface area contributed by atoms with Crippen LogP contribution in [0.1, 0.15) is 45.7 Å². The Bertz CT molecular complexity index is 819. The molecule has 0 spiro atoms. The molecule has 7 heteroatoms. The van der Waals surface area contributed by atoms with Gasteiger partial charge in [-0.25, -0.2) is 4.39 Å². The number of rotatable bonds is 3. The first-order chi connectivity index (χ1) is 12.5. The minimum atomic E-state index is -0.572. The molecule has 1 aliphatic heterocycles. The number of piperidine rings is 1. The van der Waals surface area contributed by atoms with Gasteiger partial charge in [0.05, 0.1) is 11.3 Å². The van der Waals surface area contributed by atoms with E-state index in [1.165, 1.54) is 12.5 Å². The second kappa shape index (κ2) is 7.95. The Balaban J connectivity index is 1.68. The van der Waals surface area contributed by atoms with Crippen molar-refractivity contribution >= 4 is 17.5 Å². The topological polar surface area (TPSA) is 74.3 Å². The van der Waals surface area contributed by atoms with Gasteiger partial charge in [0, 0.05) is 30.5 Å². The van der Waals surface area contributed by atoms with Crippen molar-refractivity contribution in [2.75, 3.05) is 18.0 Å². The van der Waals surface area contributed by atoms with Gasteiger partial charge in [-0.3, -0.25) is 25.4 Å². The molecule has 1 fully saturated rings. The minimum Gasteiger partial charge on any atom is -0.371 e. The van der Waals surface area contributed by atoms with E-state index in [4.69, 9.17) is 0 Å². The van der Waals surface area contributed by atoms with Crippen LogP contribution in [0.15, 0.2) is 36.5 Å². The maximum Gasteiger partial charge on any atom is 0.271 e. The molecule has 2 N–H and O–H groups in total. The average molecular weight is 356 g/mol. The lowest BCUT2D eigenvalue weighted by Crippen LogP contribution is -2.42. The molecule has 1 aliphatic rings. The lowest BCUT2D eigenvalue weighted by Gasteiger charge is -2.29. The number of nitrogens with one attached hydrogen (secondary N) is 2. The number of carbonyl (C=O) groups excluding carboxylic acids is 2. The summed E-state index contributed by atoms with van der Waals surface area (Å²) in [4.78, 5) is 30.6. The van der Waals surface area contributed by atoms with Gasteiger partial charge in [-0.1, -0.05) is 0 Å². The van der Waals surface area contributed by atoms with Gasteiger partial charge in [0.15, 0.2) is 0 Å². The van der Waals surface area contributed by atoms with Crippen molar-refractivity contribution in [3.8, 4) is 0 Å². The van der Waals surface area contributed by atoms with E-state index in [2.05, 4.69) is 20.7 Å². The van der Waals surface area contributed by atoms with Crippen LogP contribution in [-0.2, 0) is 0 Å². The normalized spacial score (nSPS) is 14.0. The number of anilines is 1. The van der Waals surface area contributed by atoms with Crippen LogP contribution in [0, 0.1) is 12.7 Å². The number of aryl methyl sites for hydroxylation is 1. The lowest BCUT2D eigenvalue weighted by atomic mass is 10.1. The molecular formula is C19H21FN4O2. The molecule has 2 amide bonds. The molecule has 6 nitrogen and oxygen atoms in total. The molecule has 2 heterocycles. The zero-order valence-corrected chi connectivity index (χ0v) is 14.6. The van der Waals surface area contributed by atoms with Crippen molar-refractivity contribution in [1.82, 2.24) is 15.8 Å². The van der Waals surface area contributed by atoms with Gasteiger partial charge in [0.1, 0.15) is 5.82 Å². The zero-order valence-electron chi connectivity index (χ0n) is 14.6. The SMILES string of the molecule is Cc1ncccc1C(=O)NNC(=O)c1cc(F)cc(N2CCCCC2)c1. The Morgan fingerprint density at radius 1 is 1.08 bits per heavy atom. The van der Waals surface area contributed by atoms with Crippen molar-refractivity contribution < 1.29 is 14.0 Å². The van der Waals surface area contributed by atoms with Gasteiger partial charge in [-0.2, -0.15) is 0 Å². The maximum absolute atomic E-state index is 14.0. The fraction of sp³-hybridized carbons (Fsp3) is 0.316. The molecule has 136 valence electrons. The molecule has 0 unspecified atom stereocenters. The monoisotopic (exact) mass is 356 g/mol. The Morgan fingerprint density at radius 2 is 1.81 bits per heavy atom. The van der Waals surface area contributed by atoms with Gasteiger partial charge in [-0.15, -0.1) is 0 Å². The second-order valence-electron chi connectivity index (χ2n) is 6.29. The summed E-state index contributed by atoms with van der Waals surface area (Å²) in [6.07, 6.45) is 4.86. The summed E-state index contributed by atoms with van der Waals surface area (Å²) < 4.78 is 14.0. The molecular weight excluding hydrogens is 335 g/mol. The third-order valence-corrected chi connectivity index (χ3v) is 4.41. The van der Waals surface area contributed by atoms with E-state index in [-0.39, 0.29) is 5.56 Å². The number of hydrogen-bond donors (Lipinski definition) is 2. The highest BCUT2D eigenvalue weighted by Gasteiger charge is 2.16. The maximum atomic E-state index is 14.0. The Kier molecular flexibility index (Phi) is 5.46. The summed E-state index contributed by atoms with van der Waals surface area (Å²) >= 11 is 0. The summed E-state index contributed by atoms with van der Waals surface area (Å²) in [6.45, 7) is 3.40. The minimum absolute atomic E-state index is 0.161. The molecule has 0 aliphatic carbocycles. The van der Waals surface area contributed by atoms with Crippen LogP contribution < -0.4 is 15.8 Å². The third-order valence-electron chi connectivity index (χ3n) is 4.41. The summed E-state index contributed by atoms with van der Waals surface area (Å²) in [6, 6.07) is 7.48. The van der Waals surface area contributed by atoms with Gasteiger partial charge in [-0.05, 0) is 56.5 Å². The molecule has 2 aromatic rings. The number of hydrazine groups is 1.